The maximum absolute atomic E-state index is 11.6. The van der Waals surface area contributed by atoms with Crippen LogP contribution in [0.2, 0.25) is 0 Å². The first-order valence-electron chi connectivity index (χ1n) is 6.43. The maximum Gasteiger partial charge on any atom is 0.320 e. The number of methoxy groups -OCH3 is 1. The van der Waals surface area contributed by atoms with Gasteiger partial charge in [0.1, 0.15) is 5.25 Å². The number of para-hydroxylation sites is 1. The molecule has 1 N–H and O–H groups in total. The molecule has 0 spiro atoms. The molecular formula is C14H18N2O2S2. The van der Waals surface area contributed by atoms with E-state index in [1.807, 2.05) is 36.1 Å². The lowest BCUT2D eigenvalue weighted by atomic mass is 10.2. The summed E-state index contributed by atoms with van der Waals surface area (Å²) in [7, 11) is 1.42. The van der Waals surface area contributed by atoms with Crippen LogP contribution in [0.5, 0.6) is 0 Å². The molecule has 1 fully saturated rings. The summed E-state index contributed by atoms with van der Waals surface area (Å²) in [6.07, 6.45) is 0. The highest BCUT2D eigenvalue weighted by Gasteiger charge is 2.28. The zero-order valence-electron chi connectivity index (χ0n) is 11.6. The van der Waals surface area contributed by atoms with E-state index in [4.69, 9.17) is 17.0 Å². The summed E-state index contributed by atoms with van der Waals surface area (Å²) in [4.78, 5) is 13.6. The summed E-state index contributed by atoms with van der Waals surface area (Å²) >= 11 is 7.07. The number of carbonyl (C=O) groups excluding carboxylic acids is 1. The zero-order valence-corrected chi connectivity index (χ0v) is 13.2. The maximum atomic E-state index is 11.6. The minimum absolute atomic E-state index is 0.162. The number of aryl methyl sites for hydroxylation is 1. The number of nitrogens with zero attached hydrogens (tertiary/aromatic N) is 1. The molecule has 0 radical (unpaired) electrons. The molecule has 1 heterocycles. The van der Waals surface area contributed by atoms with E-state index in [0.717, 1.165) is 23.5 Å². The van der Waals surface area contributed by atoms with Crippen LogP contribution in [0.3, 0.4) is 0 Å². The second-order valence-electron chi connectivity index (χ2n) is 4.57. The van der Waals surface area contributed by atoms with E-state index in [-0.39, 0.29) is 11.2 Å². The third-order valence-corrected chi connectivity index (χ3v) is 4.73. The van der Waals surface area contributed by atoms with E-state index >= 15 is 0 Å². The Labute approximate surface area is 128 Å². The second kappa shape index (κ2) is 6.95. The van der Waals surface area contributed by atoms with Crippen molar-refractivity contribution in [3.05, 3.63) is 29.8 Å². The predicted octanol–water partition coefficient (Wildman–Crippen LogP) is 2.28. The number of ether oxygens (including phenoxy) is 1. The average molecular weight is 310 g/mol. The van der Waals surface area contributed by atoms with Gasteiger partial charge in [0.2, 0.25) is 0 Å². The molecule has 0 amide bonds. The van der Waals surface area contributed by atoms with Crippen LogP contribution in [-0.4, -0.2) is 47.2 Å². The number of hydrogen-bond donors (Lipinski definition) is 1. The molecule has 1 aromatic rings. The zero-order chi connectivity index (χ0) is 14.5. The Balaban J connectivity index is 1.99. The molecule has 0 aliphatic carbocycles. The highest BCUT2D eigenvalue weighted by atomic mass is 32.2. The summed E-state index contributed by atoms with van der Waals surface area (Å²) in [5.74, 6) is 0.688. The van der Waals surface area contributed by atoms with Crippen LogP contribution in [0.1, 0.15) is 5.56 Å². The van der Waals surface area contributed by atoms with Gasteiger partial charge >= 0.3 is 5.97 Å². The first-order valence-corrected chi connectivity index (χ1v) is 7.88. The van der Waals surface area contributed by atoms with Gasteiger partial charge in [-0.3, -0.25) is 4.79 Å². The Morgan fingerprint density at radius 2 is 2.25 bits per heavy atom. The van der Waals surface area contributed by atoms with Crippen molar-refractivity contribution < 1.29 is 9.53 Å². The van der Waals surface area contributed by atoms with Gasteiger partial charge in [0.15, 0.2) is 5.11 Å². The van der Waals surface area contributed by atoms with E-state index in [9.17, 15) is 4.79 Å². The van der Waals surface area contributed by atoms with Gasteiger partial charge in [-0.1, -0.05) is 18.2 Å². The number of carbonyl (C=O) groups is 1. The highest BCUT2D eigenvalue weighted by molar-refractivity contribution is 8.00. The molecule has 6 heteroatoms. The SMILES string of the molecule is COC(=O)[C@H]1CN(C(=S)Nc2ccccc2C)CCS1. The van der Waals surface area contributed by atoms with E-state index in [2.05, 4.69) is 5.32 Å². The summed E-state index contributed by atoms with van der Waals surface area (Å²) in [6.45, 7) is 3.47. The number of thiocarbonyl (C=S) groups is 1. The van der Waals surface area contributed by atoms with Crippen LogP contribution in [0.15, 0.2) is 24.3 Å². The molecule has 0 unspecified atom stereocenters. The number of anilines is 1. The quantitative estimate of drug-likeness (QED) is 0.668. The lowest BCUT2D eigenvalue weighted by molar-refractivity contribution is -0.140. The monoisotopic (exact) mass is 310 g/mol. The van der Waals surface area contributed by atoms with Crippen LogP contribution in [0.4, 0.5) is 5.69 Å². The largest absolute Gasteiger partial charge is 0.468 e. The third kappa shape index (κ3) is 3.64. The van der Waals surface area contributed by atoms with E-state index in [1.165, 1.54) is 7.11 Å². The fraction of sp³-hybridized carbons (Fsp3) is 0.429. The number of esters is 1. The molecule has 0 bridgehead atoms. The number of rotatable bonds is 2. The fourth-order valence-corrected chi connectivity index (χ4v) is 3.42. The number of benzene rings is 1. The van der Waals surface area contributed by atoms with E-state index in [0.29, 0.717) is 11.7 Å². The van der Waals surface area contributed by atoms with Crippen molar-refractivity contribution in [2.45, 2.75) is 12.2 Å². The fourth-order valence-electron chi connectivity index (χ4n) is 2.02. The topological polar surface area (TPSA) is 41.6 Å². The Morgan fingerprint density at radius 1 is 1.50 bits per heavy atom. The normalized spacial score (nSPS) is 18.5. The standard InChI is InChI=1S/C14H18N2O2S2/c1-10-5-3-4-6-11(10)15-14(19)16-7-8-20-12(9-16)13(17)18-2/h3-6,12H,7-9H2,1-2H3,(H,15,19)/t12-/m1/s1. The third-order valence-electron chi connectivity index (χ3n) is 3.20. The predicted molar refractivity (Wildman–Crippen MR) is 87.2 cm³/mol. The molecule has 0 aromatic heterocycles. The van der Waals surface area contributed by atoms with E-state index in [1.54, 1.807) is 11.8 Å². The molecule has 1 aromatic carbocycles. The van der Waals surface area contributed by atoms with Gasteiger partial charge in [-0.25, -0.2) is 0 Å². The minimum Gasteiger partial charge on any atom is -0.468 e. The van der Waals surface area contributed by atoms with Crippen LogP contribution in [0.25, 0.3) is 0 Å². The van der Waals surface area contributed by atoms with E-state index < -0.39 is 0 Å². The van der Waals surface area contributed by atoms with Crippen molar-refractivity contribution in [2.75, 3.05) is 31.3 Å². The van der Waals surface area contributed by atoms with Crippen LogP contribution in [0, 0.1) is 6.92 Å². The molecule has 1 atom stereocenters. The van der Waals surface area contributed by atoms with Crippen LogP contribution in [-0.2, 0) is 9.53 Å². The Bertz CT molecular complexity index is 508. The number of thioether (sulfide) groups is 1. The first kappa shape index (κ1) is 15.1. The van der Waals surface area contributed by atoms with Gasteiger partial charge in [-0.15, -0.1) is 11.8 Å². The number of hydrogen-bond acceptors (Lipinski definition) is 4. The Hall–Kier alpha value is -1.27. The van der Waals surface area contributed by atoms with Crippen molar-refractivity contribution in [3.8, 4) is 0 Å². The molecule has 1 aliphatic rings. The molecule has 2 rings (SSSR count). The molecule has 1 saturated heterocycles. The smallest absolute Gasteiger partial charge is 0.320 e. The Morgan fingerprint density at radius 3 is 2.95 bits per heavy atom. The van der Waals surface area contributed by atoms with Gasteiger partial charge in [0.25, 0.3) is 0 Å². The van der Waals surface area contributed by atoms with Gasteiger partial charge in [0, 0.05) is 24.5 Å². The van der Waals surface area contributed by atoms with Crippen molar-refractivity contribution in [1.82, 2.24) is 4.90 Å². The molecular weight excluding hydrogens is 292 g/mol. The summed E-state index contributed by atoms with van der Waals surface area (Å²) < 4.78 is 4.81. The van der Waals surface area contributed by atoms with Gasteiger partial charge in [-0.2, -0.15) is 0 Å². The van der Waals surface area contributed by atoms with Gasteiger partial charge in [-0.05, 0) is 30.8 Å². The molecule has 0 saturated carbocycles. The summed E-state index contributed by atoms with van der Waals surface area (Å²) in [6, 6.07) is 8.00. The Kier molecular flexibility index (Phi) is 5.25. The van der Waals surface area contributed by atoms with Crippen molar-refractivity contribution in [3.63, 3.8) is 0 Å². The van der Waals surface area contributed by atoms with Gasteiger partial charge in [0.05, 0.1) is 7.11 Å². The van der Waals surface area contributed by atoms with Crippen LogP contribution < -0.4 is 5.32 Å². The van der Waals surface area contributed by atoms with Gasteiger partial charge < -0.3 is 15.0 Å². The lowest BCUT2D eigenvalue weighted by Gasteiger charge is -2.33. The first-order chi connectivity index (χ1) is 9.61. The molecule has 108 valence electrons. The van der Waals surface area contributed by atoms with Crippen LogP contribution >= 0.6 is 24.0 Å². The molecule has 4 nitrogen and oxygen atoms in total. The van der Waals surface area contributed by atoms with Crippen molar-refractivity contribution in [1.29, 1.82) is 0 Å². The number of nitrogens with one attached hydrogen (secondary N) is 1. The molecule has 1 aliphatic heterocycles. The lowest BCUT2D eigenvalue weighted by Crippen LogP contribution is -2.46. The summed E-state index contributed by atoms with van der Waals surface area (Å²) in [5, 5.41) is 3.75. The average Bonchev–Trinajstić information content (AvgIpc) is 2.49. The van der Waals surface area contributed by atoms with Crippen molar-refractivity contribution >= 4 is 40.7 Å². The highest BCUT2D eigenvalue weighted by Crippen LogP contribution is 2.21. The summed E-state index contributed by atoms with van der Waals surface area (Å²) in [5.41, 5.74) is 2.15. The second-order valence-corrected chi connectivity index (χ2v) is 6.27. The minimum atomic E-state index is -0.182. The van der Waals surface area contributed by atoms with Crippen molar-refractivity contribution in [2.24, 2.45) is 0 Å². The molecule has 20 heavy (non-hydrogen) atoms.